The summed E-state index contributed by atoms with van der Waals surface area (Å²) in [6.07, 6.45) is 0.251. The summed E-state index contributed by atoms with van der Waals surface area (Å²) in [5.74, 6) is 1.83. The molecule has 0 unspecified atom stereocenters. The van der Waals surface area contributed by atoms with Gasteiger partial charge in [-0.3, -0.25) is 4.79 Å². The van der Waals surface area contributed by atoms with E-state index in [-0.39, 0.29) is 35.3 Å². The topological polar surface area (TPSA) is 68.5 Å². The van der Waals surface area contributed by atoms with Crippen molar-refractivity contribution < 1.29 is 27.1 Å². The monoisotopic (exact) mass is 409 g/mol. The molecule has 2 aromatic rings. The van der Waals surface area contributed by atoms with Crippen LogP contribution in [-0.4, -0.2) is 18.6 Å². The van der Waals surface area contributed by atoms with Gasteiger partial charge in [-0.2, -0.15) is 13.2 Å². The van der Waals surface area contributed by atoms with Crippen LogP contribution in [0, 0.1) is 17.8 Å². The van der Waals surface area contributed by atoms with Crippen molar-refractivity contribution in [2.45, 2.75) is 44.8 Å². The number of amides is 1. The first kappa shape index (κ1) is 19.8. The van der Waals surface area contributed by atoms with E-state index in [9.17, 15) is 22.8 Å². The molecule has 2 aliphatic carbocycles. The van der Waals surface area contributed by atoms with Crippen molar-refractivity contribution >= 4 is 16.9 Å². The van der Waals surface area contributed by atoms with Crippen molar-refractivity contribution in [1.29, 1.82) is 0 Å². The molecule has 29 heavy (non-hydrogen) atoms. The van der Waals surface area contributed by atoms with Crippen molar-refractivity contribution in [2.24, 2.45) is 17.8 Å². The van der Waals surface area contributed by atoms with Crippen molar-refractivity contribution in [1.82, 2.24) is 5.32 Å². The Labute approximate surface area is 165 Å². The molecule has 1 aromatic heterocycles. The molecule has 0 aliphatic heterocycles. The zero-order valence-electron chi connectivity index (χ0n) is 15.9. The van der Waals surface area contributed by atoms with E-state index in [0.29, 0.717) is 17.9 Å². The summed E-state index contributed by atoms with van der Waals surface area (Å²) < 4.78 is 49.6. The number of fused-ring (bicyclic) bond motifs is 3. The van der Waals surface area contributed by atoms with E-state index >= 15 is 0 Å². The molecule has 0 spiro atoms. The molecule has 2 aliphatic rings. The van der Waals surface area contributed by atoms with Gasteiger partial charge < -0.3 is 14.5 Å². The summed E-state index contributed by atoms with van der Waals surface area (Å²) in [5.41, 5.74) is -2.40. The van der Waals surface area contributed by atoms with Gasteiger partial charge in [-0.1, -0.05) is 6.42 Å². The summed E-state index contributed by atoms with van der Waals surface area (Å²) in [5, 5.41) is 2.73. The number of ether oxygens (including phenoxy) is 1. The number of hydrogen-bond acceptors (Lipinski definition) is 4. The molecule has 1 heterocycles. The molecule has 5 nitrogen and oxygen atoms in total. The van der Waals surface area contributed by atoms with Gasteiger partial charge in [0.15, 0.2) is 6.61 Å². The lowest BCUT2D eigenvalue weighted by atomic mass is 9.84. The van der Waals surface area contributed by atoms with Crippen molar-refractivity contribution in [3.05, 3.63) is 40.2 Å². The molecule has 8 heteroatoms. The highest BCUT2D eigenvalue weighted by Crippen LogP contribution is 2.49. The molecule has 1 N–H and O–H groups in total. The minimum atomic E-state index is -4.67. The van der Waals surface area contributed by atoms with Gasteiger partial charge >= 0.3 is 11.8 Å². The molecule has 1 amide bonds. The summed E-state index contributed by atoms with van der Waals surface area (Å²) in [4.78, 5) is 23.7. The van der Waals surface area contributed by atoms with Crippen molar-refractivity contribution in [3.8, 4) is 5.75 Å². The third-order valence-corrected chi connectivity index (χ3v) is 6.21. The normalized spacial score (nSPS) is 24.6. The van der Waals surface area contributed by atoms with E-state index < -0.39 is 17.4 Å². The number of nitrogens with one attached hydrogen (secondary N) is 1. The summed E-state index contributed by atoms with van der Waals surface area (Å²) in [6.45, 7) is 1.74. The maximum absolute atomic E-state index is 13.1. The van der Waals surface area contributed by atoms with E-state index in [0.717, 1.165) is 12.3 Å². The Balaban J connectivity index is 1.40. The van der Waals surface area contributed by atoms with Crippen LogP contribution in [-0.2, 0) is 11.0 Å². The van der Waals surface area contributed by atoms with E-state index in [1.165, 1.54) is 37.5 Å². The Hall–Kier alpha value is -2.51. The van der Waals surface area contributed by atoms with E-state index in [1.54, 1.807) is 0 Å². The quantitative estimate of drug-likeness (QED) is 0.754. The average molecular weight is 409 g/mol. The van der Waals surface area contributed by atoms with Gasteiger partial charge in [-0.25, -0.2) is 4.79 Å². The maximum Gasteiger partial charge on any atom is 0.417 e. The number of benzene rings is 1. The van der Waals surface area contributed by atoms with Crippen molar-refractivity contribution in [3.63, 3.8) is 0 Å². The Morgan fingerprint density at radius 2 is 2.07 bits per heavy atom. The lowest BCUT2D eigenvalue weighted by molar-refractivity contribution is -0.136. The highest BCUT2D eigenvalue weighted by molar-refractivity contribution is 5.82. The predicted octanol–water partition coefficient (Wildman–Crippen LogP) is 4.13. The summed E-state index contributed by atoms with van der Waals surface area (Å²) >= 11 is 0. The zero-order valence-corrected chi connectivity index (χ0v) is 15.9. The highest BCUT2D eigenvalue weighted by Gasteiger charge is 2.42. The van der Waals surface area contributed by atoms with Crippen LogP contribution in [0.5, 0.6) is 5.75 Å². The second kappa shape index (κ2) is 7.39. The fourth-order valence-corrected chi connectivity index (χ4v) is 4.93. The summed E-state index contributed by atoms with van der Waals surface area (Å²) in [7, 11) is 0. The van der Waals surface area contributed by atoms with Crippen LogP contribution in [0.1, 0.15) is 38.2 Å². The first-order valence-corrected chi connectivity index (χ1v) is 9.78. The second-order valence-electron chi connectivity index (χ2n) is 8.12. The molecule has 156 valence electrons. The standard InChI is InChI=1S/C21H22F3NO4/c1-11(16-7-12-2-3-13(16)6-12)25-19(26)10-28-14-4-5-15-17(21(22,23)24)9-20(27)29-18(15)8-14/h4-5,8-9,11-13,16H,2-3,6-7,10H2,1H3,(H,25,26)/t11-,12-,13-,16-/m0/s1. The number of carbonyl (C=O) groups excluding carboxylic acids is 1. The lowest BCUT2D eigenvalue weighted by Crippen LogP contribution is -2.42. The first-order valence-electron chi connectivity index (χ1n) is 9.78. The first-order chi connectivity index (χ1) is 13.7. The molecular formula is C21H22F3NO4. The highest BCUT2D eigenvalue weighted by atomic mass is 19.4. The Kier molecular flexibility index (Phi) is 5.04. The SMILES string of the molecule is C[C@H](NC(=O)COc1ccc2c(C(F)(F)F)cc(=O)oc2c1)[C@@H]1C[C@H]2CC[C@H]1C2. The minimum absolute atomic E-state index is 0.0605. The maximum atomic E-state index is 13.1. The number of carbonyl (C=O) groups is 1. The van der Waals surface area contributed by atoms with Gasteiger partial charge in [0, 0.05) is 23.6 Å². The molecule has 4 atom stereocenters. The lowest BCUT2D eigenvalue weighted by Gasteiger charge is -2.28. The Morgan fingerprint density at radius 3 is 2.72 bits per heavy atom. The van der Waals surface area contributed by atoms with Crippen LogP contribution < -0.4 is 15.7 Å². The summed E-state index contributed by atoms with van der Waals surface area (Å²) in [6, 6.07) is 4.17. The molecule has 2 fully saturated rings. The molecule has 2 bridgehead atoms. The smallest absolute Gasteiger partial charge is 0.417 e. The van der Waals surface area contributed by atoms with E-state index in [4.69, 9.17) is 9.15 Å². The number of halogens is 3. The van der Waals surface area contributed by atoms with Crippen LogP contribution in [0.2, 0.25) is 0 Å². The second-order valence-corrected chi connectivity index (χ2v) is 8.12. The predicted molar refractivity (Wildman–Crippen MR) is 99.5 cm³/mol. The van der Waals surface area contributed by atoms with Gasteiger partial charge in [-0.05, 0) is 56.1 Å². The van der Waals surface area contributed by atoms with Crippen LogP contribution in [0.25, 0.3) is 11.0 Å². The fourth-order valence-electron chi connectivity index (χ4n) is 4.93. The number of alkyl halides is 3. The fraction of sp³-hybridized carbons (Fsp3) is 0.524. The molecule has 0 radical (unpaired) electrons. The van der Waals surface area contributed by atoms with Gasteiger partial charge in [0.05, 0.1) is 5.56 Å². The Morgan fingerprint density at radius 1 is 1.28 bits per heavy atom. The molecular weight excluding hydrogens is 387 g/mol. The van der Waals surface area contributed by atoms with Crippen molar-refractivity contribution in [2.75, 3.05) is 6.61 Å². The van der Waals surface area contributed by atoms with Gasteiger partial charge in [0.25, 0.3) is 5.91 Å². The van der Waals surface area contributed by atoms with Crippen LogP contribution >= 0.6 is 0 Å². The third-order valence-electron chi connectivity index (χ3n) is 6.21. The molecule has 1 aromatic carbocycles. The van der Waals surface area contributed by atoms with Gasteiger partial charge in [0.1, 0.15) is 11.3 Å². The minimum Gasteiger partial charge on any atom is -0.484 e. The molecule has 2 saturated carbocycles. The van der Waals surface area contributed by atoms with Gasteiger partial charge in [-0.15, -0.1) is 0 Å². The number of rotatable bonds is 5. The Bertz CT molecular complexity index is 984. The van der Waals surface area contributed by atoms with Gasteiger partial charge in [0.2, 0.25) is 0 Å². The molecule has 0 saturated heterocycles. The van der Waals surface area contributed by atoms with Crippen LogP contribution in [0.4, 0.5) is 13.2 Å². The largest absolute Gasteiger partial charge is 0.484 e. The number of hydrogen-bond donors (Lipinski definition) is 1. The average Bonchev–Trinajstić information content (AvgIpc) is 3.28. The zero-order chi connectivity index (χ0) is 20.8. The van der Waals surface area contributed by atoms with E-state index in [1.807, 2.05) is 6.92 Å². The molecule has 4 rings (SSSR count). The van der Waals surface area contributed by atoms with Crippen LogP contribution in [0.15, 0.2) is 33.5 Å². The van der Waals surface area contributed by atoms with Crippen LogP contribution in [0.3, 0.4) is 0 Å². The van der Waals surface area contributed by atoms with E-state index in [2.05, 4.69) is 5.32 Å². The third kappa shape index (κ3) is 4.11.